The van der Waals surface area contributed by atoms with Crippen molar-refractivity contribution in [2.75, 3.05) is 19.6 Å². The first kappa shape index (κ1) is 13.6. The number of aromatic nitrogens is 3. The van der Waals surface area contributed by atoms with Crippen LogP contribution in [-0.2, 0) is 13.0 Å². The quantitative estimate of drug-likeness (QED) is 0.858. The summed E-state index contributed by atoms with van der Waals surface area (Å²) in [5.41, 5.74) is 2.08. The molecule has 20 heavy (non-hydrogen) atoms. The van der Waals surface area contributed by atoms with Crippen molar-refractivity contribution >= 4 is 11.2 Å². The monoisotopic (exact) mass is 272 g/mol. The third-order valence-electron chi connectivity index (χ3n) is 4.52. The van der Waals surface area contributed by atoms with E-state index in [0.29, 0.717) is 0 Å². The van der Waals surface area contributed by atoms with Gasteiger partial charge in [0.25, 0.3) is 0 Å². The van der Waals surface area contributed by atoms with Crippen molar-refractivity contribution in [3.63, 3.8) is 0 Å². The fourth-order valence-corrected chi connectivity index (χ4v) is 3.26. The van der Waals surface area contributed by atoms with Crippen LogP contribution >= 0.6 is 0 Å². The number of rotatable bonds is 4. The Balaban J connectivity index is 1.77. The zero-order chi connectivity index (χ0) is 13.9. The van der Waals surface area contributed by atoms with E-state index in [-0.39, 0.29) is 0 Å². The summed E-state index contributed by atoms with van der Waals surface area (Å²) in [6.45, 7) is 9.06. The normalized spacial score (nSPS) is 17.9. The van der Waals surface area contributed by atoms with E-state index >= 15 is 0 Å². The Morgan fingerprint density at radius 3 is 2.70 bits per heavy atom. The highest BCUT2D eigenvalue weighted by Gasteiger charge is 2.21. The molecule has 0 N–H and O–H groups in total. The van der Waals surface area contributed by atoms with Gasteiger partial charge in [-0.15, -0.1) is 0 Å². The number of nitrogens with zero attached hydrogens (tertiary/aromatic N) is 4. The average molecular weight is 272 g/mol. The van der Waals surface area contributed by atoms with Gasteiger partial charge in [0.05, 0.1) is 0 Å². The SMILES string of the molecule is CCN1CCC(Cc2nc3cccnc3n2CC)CC1. The molecule has 108 valence electrons. The second-order valence-electron chi connectivity index (χ2n) is 5.70. The zero-order valence-corrected chi connectivity index (χ0v) is 12.5. The van der Waals surface area contributed by atoms with Gasteiger partial charge in [0, 0.05) is 19.2 Å². The van der Waals surface area contributed by atoms with Crippen molar-refractivity contribution < 1.29 is 0 Å². The highest BCUT2D eigenvalue weighted by Crippen LogP contribution is 2.23. The lowest BCUT2D eigenvalue weighted by Crippen LogP contribution is -2.34. The molecule has 0 amide bonds. The van der Waals surface area contributed by atoms with Gasteiger partial charge in [-0.1, -0.05) is 6.92 Å². The van der Waals surface area contributed by atoms with Gasteiger partial charge in [0.1, 0.15) is 11.3 Å². The Hall–Kier alpha value is -1.42. The van der Waals surface area contributed by atoms with Crippen LogP contribution in [0.15, 0.2) is 18.3 Å². The molecule has 2 aromatic rings. The molecule has 0 aromatic carbocycles. The summed E-state index contributed by atoms with van der Waals surface area (Å²) in [6, 6.07) is 4.04. The van der Waals surface area contributed by atoms with E-state index in [1.807, 2.05) is 12.3 Å². The largest absolute Gasteiger partial charge is 0.313 e. The number of hydrogen-bond acceptors (Lipinski definition) is 3. The molecule has 1 saturated heterocycles. The summed E-state index contributed by atoms with van der Waals surface area (Å²) >= 11 is 0. The van der Waals surface area contributed by atoms with Crippen molar-refractivity contribution in [3.8, 4) is 0 Å². The molecule has 0 atom stereocenters. The van der Waals surface area contributed by atoms with E-state index in [1.54, 1.807) is 0 Å². The molecule has 1 fully saturated rings. The minimum absolute atomic E-state index is 0.778. The van der Waals surface area contributed by atoms with Crippen LogP contribution in [0, 0.1) is 5.92 Å². The Morgan fingerprint density at radius 1 is 1.20 bits per heavy atom. The smallest absolute Gasteiger partial charge is 0.159 e. The van der Waals surface area contributed by atoms with Gasteiger partial charge in [0.2, 0.25) is 0 Å². The Morgan fingerprint density at radius 2 is 2.00 bits per heavy atom. The van der Waals surface area contributed by atoms with Crippen molar-refractivity contribution in [1.82, 2.24) is 19.4 Å². The van der Waals surface area contributed by atoms with Crippen molar-refractivity contribution in [2.24, 2.45) is 5.92 Å². The molecule has 0 aliphatic carbocycles. The van der Waals surface area contributed by atoms with Crippen LogP contribution in [0.3, 0.4) is 0 Å². The molecule has 2 aromatic heterocycles. The highest BCUT2D eigenvalue weighted by molar-refractivity contribution is 5.71. The standard InChI is InChI=1S/C16H24N4/c1-3-19-10-7-13(8-11-19)12-15-18-14-6-5-9-17-16(14)20(15)4-2/h5-6,9,13H,3-4,7-8,10-12H2,1-2H3. The van der Waals surface area contributed by atoms with Crippen LogP contribution in [-0.4, -0.2) is 39.1 Å². The van der Waals surface area contributed by atoms with Crippen LogP contribution in [0.2, 0.25) is 0 Å². The summed E-state index contributed by atoms with van der Waals surface area (Å²) in [5, 5.41) is 0. The molecule has 4 nitrogen and oxygen atoms in total. The van der Waals surface area contributed by atoms with Crippen LogP contribution in [0.5, 0.6) is 0 Å². The van der Waals surface area contributed by atoms with E-state index in [2.05, 4.69) is 34.4 Å². The lowest BCUT2D eigenvalue weighted by atomic mass is 9.93. The summed E-state index contributed by atoms with van der Waals surface area (Å²) in [6.07, 6.45) is 5.56. The van der Waals surface area contributed by atoms with Gasteiger partial charge in [-0.05, 0) is 57.5 Å². The predicted octanol–water partition coefficient (Wildman–Crippen LogP) is 2.73. The number of imidazole rings is 1. The third kappa shape index (κ3) is 2.57. The second kappa shape index (κ2) is 5.92. The summed E-state index contributed by atoms with van der Waals surface area (Å²) in [5.74, 6) is 2.00. The van der Waals surface area contributed by atoms with E-state index in [1.165, 1.54) is 38.3 Å². The van der Waals surface area contributed by atoms with Crippen molar-refractivity contribution in [3.05, 3.63) is 24.2 Å². The van der Waals surface area contributed by atoms with Gasteiger partial charge >= 0.3 is 0 Å². The van der Waals surface area contributed by atoms with E-state index < -0.39 is 0 Å². The number of likely N-dealkylation sites (tertiary alicyclic amines) is 1. The maximum atomic E-state index is 4.80. The Kier molecular flexibility index (Phi) is 4.01. The first-order valence-corrected chi connectivity index (χ1v) is 7.84. The van der Waals surface area contributed by atoms with E-state index in [4.69, 9.17) is 4.98 Å². The summed E-state index contributed by atoms with van der Waals surface area (Å²) < 4.78 is 2.28. The van der Waals surface area contributed by atoms with E-state index in [0.717, 1.165) is 30.0 Å². The maximum absolute atomic E-state index is 4.80. The zero-order valence-electron chi connectivity index (χ0n) is 12.5. The van der Waals surface area contributed by atoms with Crippen molar-refractivity contribution in [1.29, 1.82) is 0 Å². The molecule has 3 heterocycles. The topological polar surface area (TPSA) is 34.0 Å². The van der Waals surface area contributed by atoms with Crippen molar-refractivity contribution in [2.45, 2.75) is 39.7 Å². The number of fused-ring (bicyclic) bond motifs is 1. The van der Waals surface area contributed by atoms with Crippen LogP contribution in [0.1, 0.15) is 32.5 Å². The fraction of sp³-hybridized carbons (Fsp3) is 0.625. The minimum Gasteiger partial charge on any atom is -0.313 e. The molecule has 0 saturated carbocycles. The minimum atomic E-state index is 0.778. The molecule has 4 heteroatoms. The molecular weight excluding hydrogens is 248 g/mol. The number of piperidine rings is 1. The lowest BCUT2D eigenvalue weighted by molar-refractivity contribution is 0.190. The van der Waals surface area contributed by atoms with Crippen LogP contribution < -0.4 is 0 Å². The maximum Gasteiger partial charge on any atom is 0.159 e. The highest BCUT2D eigenvalue weighted by atomic mass is 15.1. The van der Waals surface area contributed by atoms with Crippen LogP contribution in [0.25, 0.3) is 11.2 Å². The van der Waals surface area contributed by atoms with Gasteiger partial charge in [-0.2, -0.15) is 0 Å². The van der Waals surface area contributed by atoms with Gasteiger partial charge < -0.3 is 9.47 Å². The number of aryl methyl sites for hydroxylation is 1. The molecule has 0 radical (unpaired) electrons. The molecule has 0 spiro atoms. The van der Waals surface area contributed by atoms with E-state index in [9.17, 15) is 0 Å². The molecule has 1 aliphatic rings. The van der Waals surface area contributed by atoms with Gasteiger partial charge in [-0.3, -0.25) is 0 Å². The summed E-state index contributed by atoms with van der Waals surface area (Å²) in [7, 11) is 0. The number of hydrogen-bond donors (Lipinski definition) is 0. The Labute approximate surface area is 120 Å². The lowest BCUT2D eigenvalue weighted by Gasteiger charge is -2.30. The second-order valence-corrected chi connectivity index (χ2v) is 5.70. The molecular formula is C16H24N4. The fourth-order valence-electron chi connectivity index (χ4n) is 3.26. The first-order chi connectivity index (χ1) is 9.81. The first-order valence-electron chi connectivity index (χ1n) is 7.84. The Bertz CT molecular complexity index is 567. The third-order valence-corrected chi connectivity index (χ3v) is 4.52. The van der Waals surface area contributed by atoms with Gasteiger partial charge in [-0.25, -0.2) is 9.97 Å². The van der Waals surface area contributed by atoms with Gasteiger partial charge in [0.15, 0.2) is 5.65 Å². The molecule has 0 unspecified atom stereocenters. The molecule has 3 rings (SSSR count). The molecule has 1 aliphatic heterocycles. The molecule has 0 bridgehead atoms. The average Bonchev–Trinajstić information content (AvgIpc) is 2.85. The number of pyridine rings is 1. The van der Waals surface area contributed by atoms with Crippen LogP contribution in [0.4, 0.5) is 0 Å². The predicted molar refractivity (Wildman–Crippen MR) is 81.7 cm³/mol. The summed E-state index contributed by atoms with van der Waals surface area (Å²) in [4.78, 5) is 11.8.